The smallest absolute Gasteiger partial charge is 0.0807 e. The number of rotatable bonds is 4. The lowest BCUT2D eigenvalue weighted by Crippen LogP contribution is -1.96. The van der Waals surface area contributed by atoms with Crippen molar-refractivity contribution >= 4 is 17.6 Å². The standard InChI is InChI=1S/C12H12N2S.C6H14.C2H6/c1-8-6-11(12-4-3-5-15-12)14-9(2)10(8)7-13;1-4-5-6(2)3;1-2/h3-7,13H,1-2H3;6H,4-5H2,1-3H3;1-2H3. The Kier molecular flexibility index (Phi) is 11.2. The highest BCUT2D eigenvalue weighted by Crippen LogP contribution is 2.25. The number of pyridine rings is 1. The number of aromatic nitrogens is 1. The van der Waals surface area contributed by atoms with Crippen LogP contribution in [0, 0.1) is 25.2 Å². The van der Waals surface area contributed by atoms with E-state index in [0.29, 0.717) is 0 Å². The molecule has 128 valence electrons. The molecule has 0 atom stereocenters. The lowest BCUT2D eigenvalue weighted by molar-refractivity contribution is 0.576. The molecule has 2 nitrogen and oxygen atoms in total. The van der Waals surface area contributed by atoms with Gasteiger partial charge in [0.25, 0.3) is 0 Å². The summed E-state index contributed by atoms with van der Waals surface area (Å²) in [5.74, 6) is 0.898. The van der Waals surface area contributed by atoms with Gasteiger partial charge in [-0.1, -0.05) is 53.5 Å². The van der Waals surface area contributed by atoms with E-state index in [-0.39, 0.29) is 0 Å². The molecule has 0 fully saturated rings. The first kappa shape index (κ1) is 21.5. The molecule has 1 N–H and O–H groups in total. The van der Waals surface area contributed by atoms with Gasteiger partial charge in [-0.2, -0.15) is 0 Å². The summed E-state index contributed by atoms with van der Waals surface area (Å²) in [6.07, 6.45) is 4.08. The fourth-order valence-electron chi connectivity index (χ4n) is 2.19. The topological polar surface area (TPSA) is 36.7 Å². The molecule has 0 aliphatic carbocycles. The lowest BCUT2D eigenvalue weighted by Gasteiger charge is -2.06. The number of nitrogens with one attached hydrogen (secondary N) is 1. The van der Waals surface area contributed by atoms with Gasteiger partial charge in [0.15, 0.2) is 0 Å². The van der Waals surface area contributed by atoms with Gasteiger partial charge in [-0.15, -0.1) is 11.3 Å². The van der Waals surface area contributed by atoms with E-state index in [2.05, 4.69) is 31.8 Å². The molecule has 0 radical (unpaired) electrons. The Morgan fingerprint density at radius 1 is 1.26 bits per heavy atom. The maximum atomic E-state index is 7.31. The monoisotopic (exact) mass is 332 g/mol. The highest BCUT2D eigenvalue weighted by atomic mass is 32.1. The summed E-state index contributed by atoms with van der Waals surface area (Å²) >= 11 is 1.69. The molecule has 0 saturated heterocycles. The van der Waals surface area contributed by atoms with Gasteiger partial charge in [0.05, 0.1) is 10.6 Å². The van der Waals surface area contributed by atoms with Gasteiger partial charge >= 0.3 is 0 Å². The van der Waals surface area contributed by atoms with Crippen LogP contribution in [0.2, 0.25) is 0 Å². The van der Waals surface area contributed by atoms with Crippen molar-refractivity contribution in [2.75, 3.05) is 0 Å². The zero-order chi connectivity index (χ0) is 17.8. The molecular formula is C20H32N2S. The Balaban J connectivity index is 0.000000515. The summed E-state index contributed by atoms with van der Waals surface area (Å²) in [5.41, 5.74) is 3.97. The highest BCUT2D eigenvalue weighted by molar-refractivity contribution is 7.13. The first-order valence-electron chi connectivity index (χ1n) is 8.52. The van der Waals surface area contributed by atoms with Crippen LogP contribution in [0.25, 0.3) is 10.6 Å². The maximum absolute atomic E-state index is 7.31. The van der Waals surface area contributed by atoms with Crippen LogP contribution in [0.3, 0.4) is 0 Å². The molecule has 0 aliphatic rings. The predicted octanol–water partition coefficient (Wildman–Crippen LogP) is 6.89. The molecule has 0 aliphatic heterocycles. The zero-order valence-corrected chi connectivity index (χ0v) is 16.6. The van der Waals surface area contributed by atoms with Crippen molar-refractivity contribution in [1.29, 1.82) is 5.41 Å². The van der Waals surface area contributed by atoms with Crippen molar-refractivity contribution in [1.82, 2.24) is 4.98 Å². The van der Waals surface area contributed by atoms with Crippen LogP contribution >= 0.6 is 11.3 Å². The van der Waals surface area contributed by atoms with Gasteiger partial charge in [-0.3, -0.25) is 4.98 Å². The van der Waals surface area contributed by atoms with E-state index in [0.717, 1.165) is 28.4 Å². The molecule has 3 heteroatoms. The molecule has 0 spiro atoms. The molecule has 0 amide bonds. The molecule has 2 rings (SSSR count). The first-order valence-corrected chi connectivity index (χ1v) is 9.40. The Morgan fingerprint density at radius 2 is 1.91 bits per heavy atom. The van der Waals surface area contributed by atoms with E-state index in [9.17, 15) is 0 Å². The van der Waals surface area contributed by atoms with Crippen LogP contribution in [0.4, 0.5) is 0 Å². The Labute approximate surface area is 146 Å². The van der Waals surface area contributed by atoms with Crippen LogP contribution in [0.5, 0.6) is 0 Å². The Bertz CT molecular complexity index is 534. The van der Waals surface area contributed by atoms with Crippen molar-refractivity contribution in [3.63, 3.8) is 0 Å². The van der Waals surface area contributed by atoms with Crippen LogP contribution in [-0.2, 0) is 0 Å². The predicted molar refractivity (Wildman–Crippen MR) is 106 cm³/mol. The molecular weight excluding hydrogens is 300 g/mol. The Morgan fingerprint density at radius 3 is 2.26 bits per heavy atom. The largest absolute Gasteiger partial charge is 0.308 e. The summed E-state index contributed by atoms with van der Waals surface area (Å²) in [5, 5.41) is 9.36. The molecule has 2 aromatic heterocycles. The summed E-state index contributed by atoms with van der Waals surface area (Å²) in [6.45, 7) is 14.7. The quantitative estimate of drug-likeness (QED) is 0.608. The van der Waals surface area contributed by atoms with Gasteiger partial charge in [0.1, 0.15) is 0 Å². The minimum atomic E-state index is 0.898. The third-order valence-electron chi connectivity index (χ3n) is 3.24. The van der Waals surface area contributed by atoms with E-state index in [1.54, 1.807) is 11.3 Å². The van der Waals surface area contributed by atoms with Crippen molar-refractivity contribution in [2.24, 2.45) is 5.92 Å². The summed E-state index contributed by atoms with van der Waals surface area (Å²) in [7, 11) is 0. The average Bonchev–Trinajstić information content (AvgIpc) is 3.04. The summed E-state index contributed by atoms with van der Waals surface area (Å²) in [6, 6.07) is 6.13. The van der Waals surface area contributed by atoms with Crippen molar-refractivity contribution < 1.29 is 0 Å². The zero-order valence-electron chi connectivity index (χ0n) is 15.7. The van der Waals surface area contributed by atoms with E-state index in [4.69, 9.17) is 5.41 Å². The van der Waals surface area contributed by atoms with Gasteiger partial charge in [0.2, 0.25) is 0 Å². The number of thiophene rings is 1. The van der Waals surface area contributed by atoms with Crippen LogP contribution in [0.1, 0.15) is 64.3 Å². The third kappa shape index (κ3) is 7.56. The van der Waals surface area contributed by atoms with Gasteiger partial charge in [-0.05, 0) is 42.8 Å². The van der Waals surface area contributed by atoms with E-state index < -0.39 is 0 Å². The average molecular weight is 333 g/mol. The van der Waals surface area contributed by atoms with Gasteiger partial charge in [-0.25, -0.2) is 0 Å². The highest BCUT2D eigenvalue weighted by Gasteiger charge is 2.06. The van der Waals surface area contributed by atoms with E-state index in [1.165, 1.54) is 23.9 Å². The van der Waals surface area contributed by atoms with Gasteiger partial charge < -0.3 is 5.41 Å². The van der Waals surface area contributed by atoms with Crippen LogP contribution in [-0.4, -0.2) is 11.2 Å². The molecule has 2 heterocycles. The molecule has 0 aromatic carbocycles. The van der Waals surface area contributed by atoms with Crippen LogP contribution < -0.4 is 0 Å². The molecule has 23 heavy (non-hydrogen) atoms. The normalized spacial score (nSPS) is 9.57. The summed E-state index contributed by atoms with van der Waals surface area (Å²) in [4.78, 5) is 5.68. The second-order valence-corrected chi connectivity index (χ2v) is 6.58. The van der Waals surface area contributed by atoms with E-state index in [1.807, 2.05) is 45.2 Å². The Hall–Kier alpha value is -1.48. The number of hydrogen-bond donors (Lipinski definition) is 1. The van der Waals surface area contributed by atoms with Crippen molar-refractivity contribution in [3.8, 4) is 10.6 Å². The summed E-state index contributed by atoms with van der Waals surface area (Å²) < 4.78 is 0. The number of hydrogen-bond acceptors (Lipinski definition) is 3. The third-order valence-corrected chi connectivity index (χ3v) is 4.13. The number of nitrogens with zero attached hydrogens (tertiary/aromatic N) is 1. The van der Waals surface area contributed by atoms with Gasteiger partial charge in [0, 0.05) is 17.5 Å². The number of aryl methyl sites for hydroxylation is 2. The van der Waals surface area contributed by atoms with Crippen LogP contribution in [0.15, 0.2) is 23.6 Å². The van der Waals surface area contributed by atoms with E-state index >= 15 is 0 Å². The molecule has 2 aromatic rings. The minimum Gasteiger partial charge on any atom is -0.308 e. The fourth-order valence-corrected chi connectivity index (χ4v) is 2.87. The second kappa shape index (κ2) is 12.0. The molecule has 0 unspecified atom stereocenters. The minimum absolute atomic E-state index is 0.898. The SMILES string of the molecule is CC.CCCC(C)C.Cc1cc(-c2cccs2)nc(C)c1C=N. The fraction of sp³-hybridized carbons (Fsp3) is 0.500. The molecule has 0 bridgehead atoms. The second-order valence-electron chi connectivity index (χ2n) is 5.63. The van der Waals surface area contributed by atoms with Crippen molar-refractivity contribution in [2.45, 2.75) is 61.3 Å². The first-order chi connectivity index (χ1) is 11.0. The lowest BCUT2D eigenvalue weighted by atomic mass is 10.1. The maximum Gasteiger partial charge on any atom is 0.0807 e. The molecule has 0 saturated carbocycles. The van der Waals surface area contributed by atoms with Crippen molar-refractivity contribution in [3.05, 3.63) is 40.4 Å².